The molecule has 2 aliphatic rings. The van der Waals surface area contributed by atoms with E-state index in [4.69, 9.17) is 16.6 Å². The van der Waals surface area contributed by atoms with Gasteiger partial charge in [-0.05, 0) is 56.2 Å². The molecule has 0 N–H and O–H groups in total. The van der Waals surface area contributed by atoms with Crippen molar-refractivity contribution in [3.63, 3.8) is 0 Å². The molecule has 1 aliphatic carbocycles. The highest BCUT2D eigenvalue weighted by Crippen LogP contribution is 2.37. The Bertz CT molecular complexity index is 787. The summed E-state index contributed by atoms with van der Waals surface area (Å²) in [5.74, 6) is 0.787. The highest BCUT2D eigenvalue weighted by atomic mass is 35.5. The van der Waals surface area contributed by atoms with E-state index in [1.807, 2.05) is 17.0 Å². The molecule has 0 bridgehead atoms. The fourth-order valence-electron chi connectivity index (χ4n) is 3.71. The number of likely N-dealkylation sites (tertiary alicyclic amines) is 1. The molecule has 1 aliphatic heterocycles. The predicted molar refractivity (Wildman–Crippen MR) is 99.9 cm³/mol. The van der Waals surface area contributed by atoms with Gasteiger partial charge in [0, 0.05) is 34.1 Å². The number of carbonyl (C=O) groups is 1. The summed E-state index contributed by atoms with van der Waals surface area (Å²) < 4.78 is 0. The van der Waals surface area contributed by atoms with Gasteiger partial charge >= 0.3 is 0 Å². The van der Waals surface area contributed by atoms with E-state index in [-0.39, 0.29) is 5.91 Å². The van der Waals surface area contributed by atoms with Gasteiger partial charge in [-0.25, -0.2) is 0 Å². The first-order valence-corrected chi connectivity index (χ1v) is 10.1. The van der Waals surface area contributed by atoms with Crippen LogP contribution in [0, 0.1) is 0 Å². The standard InChI is InChI=1S/C19H21ClN2OS/c20-13-7-8-15-17(11-13)21-16-6-2-1-5-14(16)19(15)24-12-18(23)22-9-3-4-10-22/h7-8,11H,1-6,9-10,12H2. The molecule has 24 heavy (non-hydrogen) atoms. The van der Waals surface area contributed by atoms with Gasteiger partial charge in [-0.1, -0.05) is 17.7 Å². The lowest BCUT2D eigenvalue weighted by atomic mass is 9.94. The minimum Gasteiger partial charge on any atom is -0.342 e. The number of aryl methyl sites for hydroxylation is 1. The average Bonchev–Trinajstić information content (AvgIpc) is 3.13. The molecule has 0 unspecified atom stereocenters. The number of amides is 1. The number of hydrogen-bond donors (Lipinski definition) is 0. The number of pyridine rings is 1. The quantitative estimate of drug-likeness (QED) is 0.756. The lowest BCUT2D eigenvalue weighted by molar-refractivity contribution is -0.127. The number of aromatic nitrogens is 1. The zero-order valence-electron chi connectivity index (χ0n) is 13.7. The summed E-state index contributed by atoms with van der Waals surface area (Å²) in [4.78, 5) is 20.5. The van der Waals surface area contributed by atoms with Crippen molar-refractivity contribution in [1.29, 1.82) is 0 Å². The first kappa shape index (κ1) is 16.2. The van der Waals surface area contributed by atoms with E-state index in [9.17, 15) is 4.79 Å². The van der Waals surface area contributed by atoms with Gasteiger partial charge in [-0.2, -0.15) is 0 Å². The Balaban J connectivity index is 1.68. The summed E-state index contributed by atoms with van der Waals surface area (Å²) >= 11 is 7.85. The molecule has 1 aromatic heterocycles. The molecule has 2 aromatic rings. The fourth-order valence-corrected chi connectivity index (χ4v) is 5.05. The molecular weight excluding hydrogens is 340 g/mol. The summed E-state index contributed by atoms with van der Waals surface area (Å²) in [5, 5.41) is 1.86. The lowest BCUT2D eigenvalue weighted by Gasteiger charge is -2.21. The van der Waals surface area contributed by atoms with E-state index in [0.29, 0.717) is 5.75 Å². The highest BCUT2D eigenvalue weighted by Gasteiger charge is 2.22. The third kappa shape index (κ3) is 3.14. The molecule has 1 saturated heterocycles. The van der Waals surface area contributed by atoms with Crippen LogP contribution in [0.1, 0.15) is 36.9 Å². The molecular formula is C19H21ClN2OS. The average molecular weight is 361 g/mol. The van der Waals surface area contributed by atoms with Crippen LogP contribution in [0.3, 0.4) is 0 Å². The molecule has 0 saturated carbocycles. The third-order valence-electron chi connectivity index (χ3n) is 4.97. The molecule has 5 heteroatoms. The Kier molecular flexibility index (Phi) is 4.68. The number of carbonyl (C=O) groups excluding carboxylic acids is 1. The number of thioether (sulfide) groups is 1. The summed E-state index contributed by atoms with van der Waals surface area (Å²) in [7, 11) is 0. The number of nitrogens with zero attached hydrogens (tertiary/aromatic N) is 2. The van der Waals surface area contributed by atoms with E-state index in [1.165, 1.54) is 29.0 Å². The largest absolute Gasteiger partial charge is 0.342 e. The van der Waals surface area contributed by atoms with Gasteiger partial charge in [0.15, 0.2) is 0 Å². The second-order valence-corrected chi connectivity index (χ2v) is 8.03. The summed E-state index contributed by atoms with van der Waals surface area (Å²) in [5.41, 5.74) is 3.52. The monoisotopic (exact) mass is 360 g/mol. The third-order valence-corrected chi connectivity index (χ3v) is 6.35. The van der Waals surface area contributed by atoms with E-state index >= 15 is 0 Å². The van der Waals surface area contributed by atoms with Crippen LogP contribution in [0.15, 0.2) is 23.1 Å². The Labute approximate surface area is 151 Å². The summed E-state index contributed by atoms with van der Waals surface area (Å²) in [6.07, 6.45) is 6.79. The minimum atomic E-state index is 0.265. The molecule has 1 fully saturated rings. The molecule has 1 amide bonds. The van der Waals surface area contributed by atoms with Crippen molar-refractivity contribution >= 4 is 40.2 Å². The molecule has 0 spiro atoms. The number of rotatable bonds is 3. The summed E-state index contributed by atoms with van der Waals surface area (Å²) in [6.45, 7) is 1.84. The topological polar surface area (TPSA) is 33.2 Å². The maximum absolute atomic E-state index is 12.4. The van der Waals surface area contributed by atoms with Gasteiger partial charge in [0.25, 0.3) is 0 Å². The Morgan fingerprint density at radius 1 is 1.17 bits per heavy atom. The first-order valence-electron chi connectivity index (χ1n) is 8.74. The van der Waals surface area contributed by atoms with Crippen molar-refractivity contribution in [3.05, 3.63) is 34.5 Å². The fraction of sp³-hybridized carbons (Fsp3) is 0.474. The Hall–Kier alpha value is -1.26. The normalized spacial score (nSPS) is 17.3. The van der Waals surface area contributed by atoms with Gasteiger partial charge < -0.3 is 4.90 Å². The SMILES string of the molecule is O=C(CSc1c2c(nc3cc(Cl)ccc13)CCCC2)N1CCCC1. The number of fused-ring (bicyclic) bond motifs is 2. The van der Waals surface area contributed by atoms with Crippen molar-refractivity contribution in [3.8, 4) is 0 Å². The molecule has 126 valence electrons. The van der Waals surface area contributed by atoms with Crippen molar-refractivity contribution in [1.82, 2.24) is 9.88 Å². The van der Waals surface area contributed by atoms with Crippen LogP contribution >= 0.6 is 23.4 Å². The minimum absolute atomic E-state index is 0.265. The van der Waals surface area contributed by atoms with Gasteiger partial charge in [-0.3, -0.25) is 9.78 Å². The van der Waals surface area contributed by atoms with Gasteiger partial charge in [0.1, 0.15) is 0 Å². The molecule has 0 atom stereocenters. The van der Waals surface area contributed by atoms with Crippen molar-refractivity contribution in [2.75, 3.05) is 18.8 Å². The van der Waals surface area contributed by atoms with E-state index in [1.54, 1.807) is 11.8 Å². The van der Waals surface area contributed by atoms with Crippen molar-refractivity contribution in [2.45, 2.75) is 43.4 Å². The zero-order chi connectivity index (χ0) is 16.5. The maximum Gasteiger partial charge on any atom is 0.232 e. The van der Waals surface area contributed by atoms with Gasteiger partial charge in [0.2, 0.25) is 5.91 Å². The molecule has 2 heterocycles. The van der Waals surface area contributed by atoms with Crippen LogP contribution in [0.5, 0.6) is 0 Å². The lowest BCUT2D eigenvalue weighted by Crippen LogP contribution is -2.29. The van der Waals surface area contributed by atoms with Crippen LogP contribution in [0.2, 0.25) is 5.02 Å². The molecule has 4 rings (SSSR count). The molecule has 3 nitrogen and oxygen atoms in total. The van der Waals surface area contributed by atoms with Crippen LogP contribution in [0.25, 0.3) is 10.9 Å². The first-order chi connectivity index (χ1) is 11.7. The van der Waals surface area contributed by atoms with Crippen LogP contribution in [0.4, 0.5) is 0 Å². The van der Waals surface area contributed by atoms with Crippen LogP contribution in [-0.2, 0) is 17.6 Å². The van der Waals surface area contributed by atoms with Crippen molar-refractivity contribution < 1.29 is 4.79 Å². The second-order valence-electron chi connectivity index (χ2n) is 6.61. The number of hydrogen-bond acceptors (Lipinski definition) is 3. The highest BCUT2D eigenvalue weighted by molar-refractivity contribution is 8.00. The predicted octanol–water partition coefficient (Wildman–Crippen LogP) is 4.48. The zero-order valence-corrected chi connectivity index (χ0v) is 15.3. The Morgan fingerprint density at radius 2 is 1.96 bits per heavy atom. The molecule has 1 aromatic carbocycles. The van der Waals surface area contributed by atoms with Crippen molar-refractivity contribution in [2.24, 2.45) is 0 Å². The van der Waals surface area contributed by atoms with Gasteiger partial charge in [0.05, 0.1) is 11.3 Å². The maximum atomic E-state index is 12.4. The van der Waals surface area contributed by atoms with E-state index in [2.05, 4.69) is 6.07 Å². The van der Waals surface area contributed by atoms with E-state index < -0.39 is 0 Å². The molecule has 0 radical (unpaired) electrons. The van der Waals surface area contributed by atoms with Crippen LogP contribution in [-0.4, -0.2) is 34.6 Å². The van der Waals surface area contributed by atoms with Gasteiger partial charge in [-0.15, -0.1) is 11.8 Å². The van der Waals surface area contributed by atoms with Crippen LogP contribution < -0.4 is 0 Å². The summed E-state index contributed by atoms with van der Waals surface area (Å²) in [6, 6.07) is 5.92. The second kappa shape index (κ2) is 6.93. The Morgan fingerprint density at radius 3 is 2.79 bits per heavy atom. The smallest absolute Gasteiger partial charge is 0.232 e. The number of benzene rings is 1. The number of halogens is 1. The van der Waals surface area contributed by atoms with E-state index in [0.717, 1.165) is 54.7 Å².